The minimum Gasteiger partial charge on any atom is -0.383 e. The average Bonchev–Trinajstić information content (AvgIpc) is 2.96. The number of amidine groups is 2. The zero-order valence-corrected chi connectivity index (χ0v) is 19.8. The summed E-state index contributed by atoms with van der Waals surface area (Å²) in [6.45, 7) is 0.526. The van der Waals surface area contributed by atoms with Gasteiger partial charge in [0.15, 0.2) is 5.84 Å². The molecule has 0 bridgehead atoms. The van der Waals surface area contributed by atoms with Gasteiger partial charge in [0.25, 0.3) is 0 Å². The Bertz CT molecular complexity index is 1720. The summed E-state index contributed by atoms with van der Waals surface area (Å²) in [5.41, 5.74) is 9.39. The first-order valence-electron chi connectivity index (χ1n) is 12.1. The summed E-state index contributed by atoms with van der Waals surface area (Å²) in [6.07, 6.45) is 0. The summed E-state index contributed by atoms with van der Waals surface area (Å²) in [6, 6.07) is 43.7. The fourth-order valence-electron chi connectivity index (χ4n) is 4.78. The summed E-state index contributed by atoms with van der Waals surface area (Å²) in [5, 5.41) is 7.37. The molecule has 3 nitrogen and oxygen atoms in total. The lowest BCUT2D eigenvalue weighted by molar-refractivity contribution is 1.06. The number of hydrogen-bond acceptors (Lipinski definition) is 1. The lowest BCUT2D eigenvalue weighted by Gasteiger charge is -2.12. The van der Waals surface area contributed by atoms with E-state index in [1.165, 1.54) is 32.3 Å². The molecule has 0 aliphatic rings. The molecule has 0 unspecified atom stereocenters. The van der Waals surface area contributed by atoms with E-state index < -0.39 is 0 Å². The predicted molar refractivity (Wildman–Crippen MR) is 153 cm³/mol. The SMILES string of the molecule is NC(=NC(=NCc1ccccc1)c1ccc2c3ccccc3c3ccccc3c2c1)c1ccccc1. The maximum Gasteiger partial charge on any atom is 0.157 e. The molecule has 0 spiro atoms. The number of nitrogens with two attached hydrogens (primary N) is 1. The van der Waals surface area contributed by atoms with Crippen molar-refractivity contribution < 1.29 is 0 Å². The molecular weight excluding hydrogens is 438 g/mol. The van der Waals surface area contributed by atoms with E-state index >= 15 is 0 Å². The Balaban J connectivity index is 1.55. The highest BCUT2D eigenvalue weighted by Crippen LogP contribution is 2.35. The second kappa shape index (κ2) is 9.47. The van der Waals surface area contributed by atoms with Crippen molar-refractivity contribution in [3.8, 4) is 0 Å². The Kier molecular flexibility index (Phi) is 5.72. The van der Waals surface area contributed by atoms with E-state index in [0.29, 0.717) is 18.2 Å². The second-order valence-corrected chi connectivity index (χ2v) is 8.84. The predicted octanol–water partition coefficient (Wildman–Crippen LogP) is 7.50. The first-order valence-corrected chi connectivity index (χ1v) is 12.1. The summed E-state index contributed by atoms with van der Waals surface area (Å²) >= 11 is 0. The number of rotatable bonds is 4. The second-order valence-electron chi connectivity index (χ2n) is 8.84. The van der Waals surface area contributed by atoms with Crippen LogP contribution in [0.2, 0.25) is 0 Å². The highest BCUT2D eigenvalue weighted by atomic mass is 15.0. The molecule has 6 aromatic carbocycles. The van der Waals surface area contributed by atoms with Crippen LogP contribution in [-0.4, -0.2) is 11.7 Å². The van der Waals surface area contributed by atoms with Crippen molar-refractivity contribution in [1.82, 2.24) is 0 Å². The van der Waals surface area contributed by atoms with Crippen LogP contribution in [0.4, 0.5) is 0 Å². The van der Waals surface area contributed by atoms with Gasteiger partial charge >= 0.3 is 0 Å². The van der Waals surface area contributed by atoms with E-state index in [1.807, 2.05) is 48.5 Å². The average molecular weight is 464 g/mol. The van der Waals surface area contributed by atoms with Crippen LogP contribution in [0.3, 0.4) is 0 Å². The van der Waals surface area contributed by atoms with Crippen molar-refractivity contribution in [1.29, 1.82) is 0 Å². The third-order valence-electron chi connectivity index (χ3n) is 6.55. The van der Waals surface area contributed by atoms with Gasteiger partial charge in [-0.2, -0.15) is 0 Å². The first-order chi connectivity index (χ1) is 17.8. The molecule has 0 aliphatic carbocycles. The molecule has 0 atom stereocenters. The molecule has 2 N–H and O–H groups in total. The maximum absolute atomic E-state index is 6.45. The van der Waals surface area contributed by atoms with Gasteiger partial charge in [0, 0.05) is 11.1 Å². The van der Waals surface area contributed by atoms with Crippen molar-refractivity contribution in [2.24, 2.45) is 15.7 Å². The molecule has 0 radical (unpaired) electrons. The van der Waals surface area contributed by atoms with Gasteiger partial charge in [-0.25, -0.2) is 4.99 Å². The molecule has 0 saturated heterocycles. The molecule has 0 amide bonds. The number of hydrogen-bond donors (Lipinski definition) is 1. The van der Waals surface area contributed by atoms with E-state index in [1.54, 1.807) is 0 Å². The smallest absolute Gasteiger partial charge is 0.157 e. The molecular formula is C33H25N3. The van der Waals surface area contributed by atoms with Crippen LogP contribution in [0.5, 0.6) is 0 Å². The molecule has 0 aromatic heterocycles. The normalized spacial score (nSPS) is 12.4. The van der Waals surface area contributed by atoms with E-state index in [2.05, 4.69) is 78.9 Å². The fourth-order valence-corrected chi connectivity index (χ4v) is 4.78. The quantitative estimate of drug-likeness (QED) is 0.164. The van der Waals surface area contributed by atoms with Crippen molar-refractivity contribution in [3.63, 3.8) is 0 Å². The maximum atomic E-state index is 6.45. The van der Waals surface area contributed by atoms with Gasteiger partial charge in [-0.15, -0.1) is 0 Å². The summed E-state index contributed by atoms with van der Waals surface area (Å²) < 4.78 is 0. The van der Waals surface area contributed by atoms with Gasteiger partial charge < -0.3 is 5.73 Å². The summed E-state index contributed by atoms with van der Waals surface area (Å²) in [7, 11) is 0. The van der Waals surface area contributed by atoms with Gasteiger partial charge in [-0.3, -0.25) is 4.99 Å². The zero-order valence-electron chi connectivity index (χ0n) is 19.8. The van der Waals surface area contributed by atoms with Crippen molar-refractivity contribution in [3.05, 3.63) is 144 Å². The molecule has 0 fully saturated rings. The van der Waals surface area contributed by atoms with Gasteiger partial charge in [0.1, 0.15) is 5.84 Å². The Morgan fingerprint density at radius 2 is 1.00 bits per heavy atom. The number of benzene rings is 6. The van der Waals surface area contributed by atoms with Crippen molar-refractivity contribution in [2.75, 3.05) is 0 Å². The molecule has 36 heavy (non-hydrogen) atoms. The lowest BCUT2D eigenvalue weighted by Crippen LogP contribution is -2.16. The highest BCUT2D eigenvalue weighted by Gasteiger charge is 2.12. The van der Waals surface area contributed by atoms with Crippen molar-refractivity contribution in [2.45, 2.75) is 6.54 Å². The molecule has 172 valence electrons. The molecule has 6 aromatic rings. The third kappa shape index (κ3) is 4.12. The largest absolute Gasteiger partial charge is 0.383 e. The number of fused-ring (bicyclic) bond motifs is 6. The fraction of sp³-hybridized carbons (Fsp3) is 0.0303. The van der Waals surface area contributed by atoms with Crippen LogP contribution in [0.15, 0.2) is 137 Å². The van der Waals surface area contributed by atoms with E-state index in [-0.39, 0.29) is 0 Å². The van der Waals surface area contributed by atoms with Gasteiger partial charge in [0.05, 0.1) is 6.54 Å². The molecule has 0 aliphatic heterocycles. The van der Waals surface area contributed by atoms with Crippen LogP contribution < -0.4 is 5.73 Å². The Labute approximate surface area is 210 Å². The van der Waals surface area contributed by atoms with Crippen LogP contribution in [0.25, 0.3) is 32.3 Å². The van der Waals surface area contributed by atoms with Crippen LogP contribution >= 0.6 is 0 Å². The number of aliphatic imine (C=N–C) groups is 2. The standard InChI is InChI=1S/C33H25N3/c34-32(24-13-5-2-6-14-24)36-33(35-22-23-11-3-1-4-12-23)25-19-20-30-28-17-8-7-15-26(28)27-16-9-10-18-29(27)31(30)21-25/h1-21H,22H2,(H2,34,35,36). The molecule has 0 saturated carbocycles. The van der Waals surface area contributed by atoms with E-state index in [0.717, 1.165) is 16.7 Å². The zero-order chi connectivity index (χ0) is 24.3. The first kappa shape index (κ1) is 21.8. The van der Waals surface area contributed by atoms with Gasteiger partial charge in [-0.05, 0) is 43.9 Å². The van der Waals surface area contributed by atoms with Gasteiger partial charge in [0.2, 0.25) is 0 Å². The Morgan fingerprint density at radius 1 is 0.500 bits per heavy atom. The van der Waals surface area contributed by atoms with Gasteiger partial charge in [-0.1, -0.05) is 121 Å². The molecule has 6 rings (SSSR count). The monoisotopic (exact) mass is 463 g/mol. The van der Waals surface area contributed by atoms with Crippen LogP contribution in [0, 0.1) is 0 Å². The summed E-state index contributed by atoms with van der Waals surface area (Å²) in [4.78, 5) is 9.75. The minimum atomic E-state index is 0.450. The van der Waals surface area contributed by atoms with E-state index in [9.17, 15) is 0 Å². The third-order valence-corrected chi connectivity index (χ3v) is 6.55. The van der Waals surface area contributed by atoms with Crippen LogP contribution in [0.1, 0.15) is 16.7 Å². The number of nitrogens with zero attached hydrogens (tertiary/aromatic N) is 2. The Hall–Kier alpha value is -4.76. The van der Waals surface area contributed by atoms with Crippen LogP contribution in [-0.2, 0) is 6.54 Å². The lowest BCUT2D eigenvalue weighted by atomic mass is 9.93. The highest BCUT2D eigenvalue weighted by molar-refractivity contribution is 6.26. The summed E-state index contributed by atoms with van der Waals surface area (Å²) in [5.74, 6) is 1.07. The molecule has 0 heterocycles. The van der Waals surface area contributed by atoms with Crippen molar-refractivity contribution >= 4 is 44.0 Å². The Morgan fingerprint density at radius 3 is 1.61 bits per heavy atom. The topological polar surface area (TPSA) is 50.7 Å². The van der Waals surface area contributed by atoms with E-state index in [4.69, 9.17) is 15.7 Å². The molecule has 3 heteroatoms. The minimum absolute atomic E-state index is 0.450.